The van der Waals surface area contributed by atoms with Gasteiger partial charge in [0.05, 0.1) is 10.9 Å². The predicted octanol–water partition coefficient (Wildman–Crippen LogP) is 4.19. The molecule has 32 heavy (non-hydrogen) atoms. The lowest BCUT2D eigenvalue weighted by Crippen LogP contribution is -2.50. The van der Waals surface area contributed by atoms with Crippen molar-refractivity contribution in [1.82, 2.24) is 14.2 Å². The third kappa shape index (κ3) is 4.17. The maximum Gasteiger partial charge on any atom is 0.410 e. The topological polar surface area (TPSA) is 79.8 Å². The van der Waals surface area contributed by atoms with E-state index >= 15 is 0 Å². The average Bonchev–Trinajstić information content (AvgIpc) is 3.16. The molecule has 0 spiro atoms. The molecule has 2 atom stereocenters. The van der Waals surface area contributed by atoms with Gasteiger partial charge in [-0.05, 0) is 45.6 Å². The lowest BCUT2D eigenvalue weighted by Gasteiger charge is -2.37. The molecule has 2 aliphatic heterocycles. The van der Waals surface area contributed by atoms with Gasteiger partial charge in [0.2, 0.25) is 10.0 Å². The lowest BCUT2D eigenvalue weighted by molar-refractivity contribution is 0.00642. The molecule has 3 heterocycles. The summed E-state index contributed by atoms with van der Waals surface area (Å²) in [6.07, 6.45) is 0.629. The van der Waals surface area contributed by atoms with Crippen LogP contribution in [0, 0.1) is 5.92 Å². The molecule has 1 aromatic heterocycles. The van der Waals surface area contributed by atoms with Crippen molar-refractivity contribution >= 4 is 26.9 Å². The van der Waals surface area contributed by atoms with E-state index in [2.05, 4.69) is 4.98 Å². The molecule has 2 aromatic rings. The van der Waals surface area contributed by atoms with Gasteiger partial charge in [-0.25, -0.2) is 22.0 Å². The number of amides is 1. The number of carbonyl (C=O) groups is 1. The Labute approximate surface area is 186 Å². The van der Waals surface area contributed by atoms with Crippen molar-refractivity contribution in [2.75, 3.05) is 19.6 Å². The van der Waals surface area contributed by atoms with Gasteiger partial charge < -0.3 is 9.64 Å². The van der Waals surface area contributed by atoms with Crippen LogP contribution in [0.25, 0.3) is 10.8 Å². The molecule has 2 aliphatic rings. The summed E-state index contributed by atoms with van der Waals surface area (Å²) in [6, 6.07) is 4.15. The number of hydrogen-bond acceptors (Lipinski definition) is 5. The maximum absolute atomic E-state index is 13.7. The van der Waals surface area contributed by atoms with Gasteiger partial charge in [-0.15, -0.1) is 0 Å². The highest BCUT2D eigenvalue weighted by Crippen LogP contribution is 2.38. The van der Waals surface area contributed by atoms with Crippen molar-refractivity contribution in [3.05, 3.63) is 36.2 Å². The second kappa shape index (κ2) is 8.22. The van der Waals surface area contributed by atoms with Crippen molar-refractivity contribution in [2.24, 2.45) is 5.92 Å². The van der Waals surface area contributed by atoms with Gasteiger partial charge in [-0.1, -0.05) is 12.1 Å². The first-order valence-corrected chi connectivity index (χ1v) is 12.1. The van der Waals surface area contributed by atoms with E-state index in [0.717, 1.165) is 19.0 Å². The van der Waals surface area contributed by atoms with Gasteiger partial charge >= 0.3 is 6.09 Å². The van der Waals surface area contributed by atoms with Gasteiger partial charge in [0.25, 0.3) is 6.43 Å². The van der Waals surface area contributed by atoms with E-state index in [1.54, 1.807) is 31.7 Å². The minimum absolute atomic E-state index is 0.00336. The summed E-state index contributed by atoms with van der Waals surface area (Å²) in [5.74, 6) is -0.0303. The van der Waals surface area contributed by atoms with Gasteiger partial charge in [-0.3, -0.25) is 4.98 Å². The molecule has 2 saturated heterocycles. The van der Waals surface area contributed by atoms with Crippen LogP contribution in [0.1, 0.15) is 45.6 Å². The number of pyridine rings is 1. The molecule has 0 aliphatic carbocycles. The third-order valence-electron chi connectivity index (χ3n) is 6.00. The Morgan fingerprint density at radius 3 is 2.66 bits per heavy atom. The Morgan fingerprint density at radius 1 is 1.22 bits per heavy atom. The highest BCUT2D eigenvalue weighted by atomic mass is 32.2. The normalized spacial score (nSPS) is 22.4. The van der Waals surface area contributed by atoms with Crippen LogP contribution < -0.4 is 0 Å². The van der Waals surface area contributed by atoms with Gasteiger partial charge in [0.1, 0.15) is 5.60 Å². The molecule has 0 N–H and O–H groups in total. The number of fused-ring (bicyclic) bond motifs is 2. The van der Waals surface area contributed by atoms with Crippen LogP contribution in [-0.2, 0) is 14.8 Å². The summed E-state index contributed by atoms with van der Waals surface area (Å²) in [4.78, 5) is 18.0. The number of ether oxygens (including phenoxy) is 1. The highest BCUT2D eigenvalue weighted by molar-refractivity contribution is 7.89. The fraction of sp³-hybridized carbons (Fsp3) is 0.545. The zero-order chi connectivity index (χ0) is 23.3. The number of hydrogen-bond donors (Lipinski definition) is 0. The van der Waals surface area contributed by atoms with Crippen LogP contribution in [0.3, 0.4) is 0 Å². The predicted molar refractivity (Wildman–Crippen MR) is 115 cm³/mol. The Bertz CT molecular complexity index is 1130. The standard InChI is InChI=1S/C22H27F2N3O4S/c1-22(2,3)31-21(28)27-9-5-7-15-12-26(13-17(15)27)32(29,30)18-8-4-6-14-10-25-11-16(19(14)18)20(23)24/h4,6,8,10-11,15,17,20H,5,7,9,12-13H2,1-3H3/t15-,17+/m1/s1. The summed E-state index contributed by atoms with van der Waals surface area (Å²) in [5.41, 5.74) is -1.06. The van der Waals surface area contributed by atoms with Crippen LogP contribution in [-0.4, -0.2) is 60.0 Å². The molecule has 2 fully saturated rings. The largest absolute Gasteiger partial charge is 0.444 e. The van der Waals surface area contributed by atoms with Crippen molar-refractivity contribution < 1.29 is 26.7 Å². The molecule has 10 heteroatoms. The smallest absolute Gasteiger partial charge is 0.410 e. The minimum atomic E-state index is -4.07. The molecule has 1 amide bonds. The van der Waals surface area contributed by atoms with E-state index in [-0.39, 0.29) is 35.3 Å². The van der Waals surface area contributed by atoms with E-state index in [4.69, 9.17) is 4.74 Å². The summed E-state index contributed by atoms with van der Waals surface area (Å²) < 4.78 is 61.3. The second-order valence-electron chi connectivity index (χ2n) is 9.35. The summed E-state index contributed by atoms with van der Waals surface area (Å²) in [6.45, 7) is 6.20. The van der Waals surface area contributed by atoms with E-state index < -0.39 is 33.7 Å². The monoisotopic (exact) mass is 467 g/mol. The Hall–Kier alpha value is -2.33. The number of carbonyl (C=O) groups excluding carboxylic acids is 1. The number of piperidine rings is 1. The first-order valence-electron chi connectivity index (χ1n) is 10.6. The molecular weight excluding hydrogens is 440 g/mol. The Morgan fingerprint density at radius 2 is 1.97 bits per heavy atom. The van der Waals surface area contributed by atoms with Crippen molar-refractivity contribution in [1.29, 1.82) is 0 Å². The number of rotatable bonds is 3. The van der Waals surface area contributed by atoms with Crippen molar-refractivity contribution in [3.63, 3.8) is 0 Å². The summed E-state index contributed by atoms with van der Waals surface area (Å²) >= 11 is 0. The molecule has 7 nitrogen and oxygen atoms in total. The number of benzene rings is 1. The number of nitrogens with zero attached hydrogens (tertiary/aromatic N) is 3. The van der Waals surface area contributed by atoms with Gasteiger partial charge in [0.15, 0.2) is 0 Å². The molecule has 1 aromatic carbocycles. The number of alkyl halides is 2. The van der Waals surface area contributed by atoms with E-state index in [1.807, 2.05) is 0 Å². The van der Waals surface area contributed by atoms with Crippen LogP contribution >= 0.6 is 0 Å². The van der Waals surface area contributed by atoms with E-state index in [9.17, 15) is 22.0 Å². The van der Waals surface area contributed by atoms with E-state index in [1.165, 1.54) is 22.6 Å². The van der Waals surface area contributed by atoms with Gasteiger partial charge in [-0.2, -0.15) is 4.31 Å². The quantitative estimate of drug-likeness (QED) is 0.676. The summed E-state index contributed by atoms with van der Waals surface area (Å²) in [5, 5.41) is 0.340. The van der Waals surface area contributed by atoms with Crippen LogP contribution in [0.15, 0.2) is 35.5 Å². The molecule has 0 unspecified atom stereocenters. The molecule has 4 rings (SSSR count). The van der Waals surface area contributed by atoms with Crippen LogP contribution in [0.4, 0.5) is 13.6 Å². The maximum atomic E-state index is 13.7. The number of aromatic nitrogens is 1. The fourth-order valence-corrected chi connectivity index (χ4v) is 6.39. The number of sulfonamides is 1. The first kappa shape index (κ1) is 22.8. The zero-order valence-corrected chi connectivity index (χ0v) is 19.1. The molecule has 0 saturated carbocycles. The third-order valence-corrected chi connectivity index (χ3v) is 7.88. The number of halogens is 2. The molecule has 0 bridgehead atoms. The highest BCUT2D eigenvalue weighted by Gasteiger charge is 2.46. The number of likely N-dealkylation sites (tertiary alicyclic amines) is 1. The summed E-state index contributed by atoms with van der Waals surface area (Å²) in [7, 11) is -4.07. The van der Waals surface area contributed by atoms with Crippen LogP contribution in [0.2, 0.25) is 0 Å². The minimum Gasteiger partial charge on any atom is -0.444 e. The lowest BCUT2D eigenvalue weighted by atomic mass is 9.92. The SMILES string of the molecule is CC(C)(C)OC(=O)N1CCC[C@@H]2CN(S(=O)(=O)c3cccc4cncc(C(F)F)c34)C[C@@H]21. The van der Waals surface area contributed by atoms with Crippen LogP contribution in [0.5, 0.6) is 0 Å². The van der Waals surface area contributed by atoms with Gasteiger partial charge in [0, 0.05) is 48.4 Å². The first-order chi connectivity index (χ1) is 15.0. The van der Waals surface area contributed by atoms with Crippen molar-refractivity contribution in [2.45, 2.75) is 56.6 Å². The molecule has 0 radical (unpaired) electrons. The Kier molecular flexibility index (Phi) is 5.87. The second-order valence-corrected chi connectivity index (χ2v) is 11.3. The van der Waals surface area contributed by atoms with E-state index in [0.29, 0.717) is 11.9 Å². The fourth-order valence-electron chi connectivity index (χ4n) is 4.63. The molecule has 174 valence electrons. The Balaban J connectivity index is 1.68. The average molecular weight is 468 g/mol. The zero-order valence-electron chi connectivity index (χ0n) is 18.3. The van der Waals surface area contributed by atoms with Crippen molar-refractivity contribution in [3.8, 4) is 0 Å². The molecular formula is C22H27F2N3O4S.